The Labute approximate surface area is 131 Å². The highest BCUT2D eigenvalue weighted by Gasteiger charge is 2.30. The number of hydrogen-bond donors (Lipinski definition) is 2. The van der Waals surface area contributed by atoms with Crippen molar-refractivity contribution in [1.29, 1.82) is 0 Å². The molecule has 0 amide bonds. The molecule has 0 aromatic carbocycles. The summed E-state index contributed by atoms with van der Waals surface area (Å²) in [6.07, 6.45) is 1.73. The number of aryl methyl sites for hydroxylation is 1. The number of hydrogen-bond acceptors (Lipinski definition) is 5. The van der Waals surface area contributed by atoms with Crippen LogP contribution in [0.1, 0.15) is 37.1 Å². The molecule has 2 N–H and O–H groups in total. The molecular formula is C14H24N2O3S2. The Morgan fingerprint density at radius 1 is 1.48 bits per heavy atom. The third-order valence-corrected chi connectivity index (χ3v) is 6.86. The van der Waals surface area contributed by atoms with E-state index in [-0.39, 0.29) is 12.1 Å². The van der Waals surface area contributed by atoms with Crippen LogP contribution in [0.15, 0.2) is 10.3 Å². The van der Waals surface area contributed by atoms with Gasteiger partial charge in [0.25, 0.3) is 0 Å². The summed E-state index contributed by atoms with van der Waals surface area (Å²) in [4.78, 5) is 1.08. The van der Waals surface area contributed by atoms with E-state index in [4.69, 9.17) is 4.74 Å². The maximum atomic E-state index is 12.5. The van der Waals surface area contributed by atoms with Crippen LogP contribution in [0, 0.1) is 6.92 Å². The fourth-order valence-electron chi connectivity index (χ4n) is 2.32. The van der Waals surface area contributed by atoms with E-state index in [2.05, 4.69) is 17.0 Å². The van der Waals surface area contributed by atoms with Gasteiger partial charge < -0.3 is 10.1 Å². The zero-order chi connectivity index (χ0) is 15.5. The van der Waals surface area contributed by atoms with Crippen molar-refractivity contribution in [3.8, 4) is 0 Å². The largest absolute Gasteiger partial charge is 0.377 e. The highest BCUT2D eigenvalue weighted by molar-refractivity contribution is 7.91. The molecule has 1 aliphatic heterocycles. The van der Waals surface area contributed by atoms with Crippen LogP contribution >= 0.6 is 11.3 Å². The summed E-state index contributed by atoms with van der Waals surface area (Å²) in [6.45, 7) is 8.25. The van der Waals surface area contributed by atoms with Gasteiger partial charge in [-0.25, -0.2) is 13.1 Å². The lowest BCUT2D eigenvalue weighted by Gasteiger charge is -2.15. The van der Waals surface area contributed by atoms with Crippen LogP contribution in [0.5, 0.6) is 0 Å². The highest BCUT2D eigenvalue weighted by atomic mass is 32.2. The van der Waals surface area contributed by atoms with E-state index in [1.165, 1.54) is 11.3 Å². The fraction of sp³-hybridized carbons (Fsp3) is 0.714. The second-order valence-electron chi connectivity index (χ2n) is 5.44. The van der Waals surface area contributed by atoms with Gasteiger partial charge in [-0.2, -0.15) is 0 Å². The SMILES string of the molecule is CCCNCc1sc(S(=O)(=O)NC2CCOC2C)cc1C. The van der Waals surface area contributed by atoms with Gasteiger partial charge in [-0.3, -0.25) is 0 Å². The molecule has 0 spiro atoms. The first-order valence-corrected chi connectivity index (χ1v) is 9.68. The molecular weight excluding hydrogens is 308 g/mol. The minimum Gasteiger partial charge on any atom is -0.377 e. The van der Waals surface area contributed by atoms with Gasteiger partial charge in [0.15, 0.2) is 0 Å². The Hall–Kier alpha value is -0.470. The van der Waals surface area contributed by atoms with Crippen LogP contribution < -0.4 is 10.0 Å². The number of nitrogens with one attached hydrogen (secondary N) is 2. The number of rotatable bonds is 7. The molecule has 1 fully saturated rings. The van der Waals surface area contributed by atoms with Crippen molar-refractivity contribution in [2.45, 2.75) is 56.5 Å². The van der Waals surface area contributed by atoms with Crippen molar-refractivity contribution >= 4 is 21.4 Å². The summed E-state index contributed by atoms with van der Waals surface area (Å²) < 4.78 is 33.5. The Balaban J connectivity index is 2.07. The average molecular weight is 332 g/mol. The second kappa shape index (κ2) is 7.19. The summed E-state index contributed by atoms with van der Waals surface area (Å²) in [5.41, 5.74) is 1.03. The monoisotopic (exact) mass is 332 g/mol. The van der Waals surface area contributed by atoms with E-state index in [0.717, 1.165) is 36.4 Å². The van der Waals surface area contributed by atoms with Gasteiger partial charge in [0.2, 0.25) is 10.0 Å². The van der Waals surface area contributed by atoms with Crippen molar-refractivity contribution in [2.75, 3.05) is 13.2 Å². The minimum atomic E-state index is -3.45. The lowest BCUT2D eigenvalue weighted by molar-refractivity contribution is 0.117. The first kappa shape index (κ1) is 16.9. The van der Waals surface area contributed by atoms with E-state index in [0.29, 0.717) is 10.8 Å². The topological polar surface area (TPSA) is 67.4 Å². The van der Waals surface area contributed by atoms with Crippen molar-refractivity contribution in [3.63, 3.8) is 0 Å². The molecule has 0 saturated carbocycles. The molecule has 0 radical (unpaired) electrons. The maximum Gasteiger partial charge on any atom is 0.250 e. The highest BCUT2D eigenvalue weighted by Crippen LogP contribution is 2.27. The van der Waals surface area contributed by atoms with Crippen LogP contribution in [0.3, 0.4) is 0 Å². The first-order chi connectivity index (χ1) is 9.94. The van der Waals surface area contributed by atoms with Crippen LogP contribution in [0.4, 0.5) is 0 Å². The molecule has 5 nitrogen and oxygen atoms in total. The Bertz CT molecular complexity index is 569. The predicted molar refractivity (Wildman–Crippen MR) is 85.2 cm³/mol. The maximum absolute atomic E-state index is 12.5. The van der Waals surface area contributed by atoms with Gasteiger partial charge in [-0.1, -0.05) is 6.92 Å². The molecule has 1 aromatic rings. The van der Waals surface area contributed by atoms with E-state index in [9.17, 15) is 8.42 Å². The van der Waals surface area contributed by atoms with Crippen molar-refractivity contribution in [2.24, 2.45) is 0 Å². The Morgan fingerprint density at radius 3 is 2.86 bits per heavy atom. The van der Waals surface area contributed by atoms with E-state index >= 15 is 0 Å². The third kappa shape index (κ3) is 4.26. The number of ether oxygens (including phenoxy) is 1. The molecule has 0 bridgehead atoms. The summed E-state index contributed by atoms with van der Waals surface area (Å²) in [7, 11) is -3.45. The molecule has 2 rings (SSSR count). The second-order valence-corrected chi connectivity index (χ2v) is 8.52. The molecule has 120 valence electrons. The molecule has 2 atom stereocenters. The molecule has 2 unspecified atom stereocenters. The molecule has 1 aliphatic rings. The standard InChI is InChI=1S/C14H24N2O3S2/c1-4-6-15-9-13-10(2)8-14(20-13)21(17,18)16-12-5-7-19-11(12)3/h8,11-12,15-16H,4-7,9H2,1-3H3. The van der Waals surface area contributed by atoms with Crippen LogP contribution in [-0.4, -0.2) is 33.7 Å². The zero-order valence-electron chi connectivity index (χ0n) is 12.8. The minimum absolute atomic E-state index is 0.0634. The molecule has 0 aliphatic carbocycles. The van der Waals surface area contributed by atoms with Crippen LogP contribution in [0.2, 0.25) is 0 Å². The van der Waals surface area contributed by atoms with Crippen molar-refractivity contribution in [1.82, 2.24) is 10.0 Å². The number of thiophene rings is 1. The van der Waals surface area contributed by atoms with E-state index in [1.807, 2.05) is 13.8 Å². The van der Waals surface area contributed by atoms with Crippen LogP contribution in [0.25, 0.3) is 0 Å². The Kier molecular flexibility index (Phi) is 5.79. The lowest BCUT2D eigenvalue weighted by Crippen LogP contribution is -2.38. The smallest absolute Gasteiger partial charge is 0.250 e. The summed E-state index contributed by atoms with van der Waals surface area (Å²) >= 11 is 1.35. The van der Waals surface area contributed by atoms with Gasteiger partial charge in [0.05, 0.1) is 12.1 Å². The predicted octanol–water partition coefficient (Wildman–Crippen LogP) is 2.01. The average Bonchev–Trinajstić information content (AvgIpc) is 2.98. The van der Waals surface area contributed by atoms with Gasteiger partial charge in [-0.15, -0.1) is 11.3 Å². The molecule has 21 heavy (non-hydrogen) atoms. The van der Waals surface area contributed by atoms with Crippen molar-refractivity contribution < 1.29 is 13.2 Å². The van der Waals surface area contributed by atoms with Gasteiger partial charge in [0.1, 0.15) is 4.21 Å². The first-order valence-electron chi connectivity index (χ1n) is 7.38. The fourth-order valence-corrected chi connectivity index (χ4v) is 5.23. The van der Waals surface area contributed by atoms with Crippen molar-refractivity contribution in [3.05, 3.63) is 16.5 Å². The molecule has 2 heterocycles. The Morgan fingerprint density at radius 2 is 2.24 bits per heavy atom. The summed E-state index contributed by atoms with van der Waals surface area (Å²) in [5, 5.41) is 3.31. The van der Waals surface area contributed by atoms with Gasteiger partial charge in [0, 0.05) is 18.0 Å². The van der Waals surface area contributed by atoms with E-state index in [1.54, 1.807) is 6.07 Å². The molecule has 7 heteroatoms. The summed E-state index contributed by atoms with van der Waals surface area (Å²) in [6, 6.07) is 1.63. The van der Waals surface area contributed by atoms with Crippen LogP contribution in [-0.2, 0) is 21.3 Å². The van der Waals surface area contributed by atoms with E-state index < -0.39 is 10.0 Å². The number of sulfonamides is 1. The van der Waals surface area contributed by atoms with Gasteiger partial charge in [-0.05, 0) is 44.9 Å². The van der Waals surface area contributed by atoms with Gasteiger partial charge >= 0.3 is 0 Å². The summed E-state index contributed by atoms with van der Waals surface area (Å²) in [5.74, 6) is 0. The molecule has 1 saturated heterocycles. The quantitative estimate of drug-likeness (QED) is 0.750. The zero-order valence-corrected chi connectivity index (χ0v) is 14.4. The lowest BCUT2D eigenvalue weighted by atomic mass is 10.2. The molecule has 1 aromatic heterocycles. The normalized spacial score (nSPS) is 22.8. The third-order valence-electron chi connectivity index (χ3n) is 3.66.